The van der Waals surface area contributed by atoms with Crippen LogP contribution in [0.2, 0.25) is 0 Å². The second-order valence-electron chi connectivity index (χ2n) is 8.08. The van der Waals surface area contributed by atoms with Gasteiger partial charge in [-0.1, -0.05) is 0 Å². The largest absolute Gasteiger partial charge is 0.352 e. The first-order valence-corrected chi connectivity index (χ1v) is 10.2. The van der Waals surface area contributed by atoms with Crippen molar-refractivity contribution in [3.05, 3.63) is 36.2 Å². The lowest BCUT2D eigenvalue weighted by atomic mass is 9.88. The summed E-state index contributed by atoms with van der Waals surface area (Å²) in [4.78, 5) is 30.7. The van der Waals surface area contributed by atoms with Crippen molar-refractivity contribution in [3.63, 3.8) is 0 Å². The predicted octanol–water partition coefficient (Wildman–Crippen LogP) is 1.50. The summed E-state index contributed by atoms with van der Waals surface area (Å²) in [7, 11) is 0. The molecule has 148 valence electrons. The zero-order chi connectivity index (χ0) is 19.1. The Hall–Kier alpha value is -2.48. The summed E-state index contributed by atoms with van der Waals surface area (Å²) in [6.45, 7) is 5.79. The fourth-order valence-corrected chi connectivity index (χ4v) is 4.62. The monoisotopic (exact) mass is 382 g/mol. The molecule has 1 unspecified atom stereocenters. The Balaban J connectivity index is 1.36. The zero-order valence-corrected chi connectivity index (χ0v) is 16.3. The van der Waals surface area contributed by atoms with Gasteiger partial charge in [0.05, 0.1) is 6.54 Å². The second kappa shape index (κ2) is 6.84. The summed E-state index contributed by atoms with van der Waals surface area (Å²) in [6.07, 6.45) is 10.8. The van der Waals surface area contributed by atoms with Crippen LogP contribution in [0.5, 0.6) is 0 Å². The normalized spacial score (nSPS) is 23.8. The van der Waals surface area contributed by atoms with Gasteiger partial charge < -0.3 is 19.1 Å². The van der Waals surface area contributed by atoms with E-state index >= 15 is 0 Å². The summed E-state index contributed by atoms with van der Waals surface area (Å²) in [5, 5.41) is 0. The van der Waals surface area contributed by atoms with Crippen LogP contribution in [0.1, 0.15) is 37.1 Å². The summed E-state index contributed by atoms with van der Waals surface area (Å²) in [5.41, 5.74) is 0.543. The molecule has 1 atom stereocenters. The lowest BCUT2D eigenvalue weighted by molar-refractivity contribution is -0.174. The van der Waals surface area contributed by atoms with E-state index in [1.165, 1.54) is 0 Å². The Morgan fingerprint density at radius 1 is 1.11 bits per heavy atom. The van der Waals surface area contributed by atoms with E-state index < -0.39 is 11.7 Å². The summed E-state index contributed by atoms with van der Waals surface area (Å²) in [6, 6.07) is 0. The predicted molar refractivity (Wildman–Crippen MR) is 103 cm³/mol. The van der Waals surface area contributed by atoms with Crippen molar-refractivity contribution in [1.82, 2.24) is 24.4 Å². The number of fused-ring (bicyclic) bond motifs is 2. The van der Waals surface area contributed by atoms with Gasteiger partial charge in [0.25, 0.3) is 5.91 Å². The van der Waals surface area contributed by atoms with Crippen LogP contribution in [0.4, 0.5) is 5.95 Å². The third kappa shape index (κ3) is 2.96. The number of piperidine rings is 1. The molecule has 1 spiro atoms. The molecule has 2 aromatic rings. The van der Waals surface area contributed by atoms with E-state index in [0.29, 0.717) is 6.54 Å². The molecule has 0 radical (unpaired) electrons. The Kier molecular flexibility index (Phi) is 4.30. The number of ether oxygens (including phenoxy) is 1. The zero-order valence-electron chi connectivity index (χ0n) is 16.3. The second-order valence-corrected chi connectivity index (χ2v) is 8.08. The van der Waals surface area contributed by atoms with Gasteiger partial charge in [-0.15, -0.1) is 0 Å². The van der Waals surface area contributed by atoms with Crippen LogP contribution >= 0.6 is 0 Å². The van der Waals surface area contributed by atoms with Gasteiger partial charge in [-0.25, -0.2) is 15.0 Å². The minimum Gasteiger partial charge on any atom is -0.352 e. The van der Waals surface area contributed by atoms with Crippen LogP contribution in [0.25, 0.3) is 0 Å². The minimum absolute atomic E-state index is 0.125. The standard InChI is InChI=1S/C20H26N6O2/c1-15-12-22-19(23-13-15)25-9-4-20(5-10-25)18-21-6-11-26(18)14-16(28-20)17(27)24-7-2-3-8-24/h6,11-13,16H,2-5,7-10,14H2,1H3. The molecule has 0 bridgehead atoms. The first-order valence-electron chi connectivity index (χ1n) is 10.2. The van der Waals surface area contributed by atoms with Gasteiger partial charge in [-0.05, 0) is 25.3 Å². The van der Waals surface area contributed by atoms with E-state index in [2.05, 4.69) is 24.4 Å². The molecule has 0 aromatic carbocycles. The number of aryl methyl sites for hydroxylation is 1. The highest BCUT2D eigenvalue weighted by Crippen LogP contribution is 2.41. The molecule has 5 rings (SSSR count). The fourth-order valence-electron chi connectivity index (χ4n) is 4.62. The van der Waals surface area contributed by atoms with Crippen molar-refractivity contribution < 1.29 is 9.53 Å². The van der Waals surface area contributed by atoms with Crippen LogP contribution in [0.3, 0.4) is 0 Å². The first-order chi connectivity index (χ1) is 13.6. The molecule has 1 amide bonds. The number of likely N-dealkylation sites (tertiary alicyclic amines) is 1. The van der Waals surface area contributed by atoms with E-state index in [9.17, 15) is 4.79 Å². The van der Waals surface area contributed by atoms with Crippen molar-refractivity contribution in [3.8, 4) is 0 Å². The molecule has 0 aliphatic carbocycles. The number of amides is 1. The van der Waals surface area contributed by atoms with Crippen molar-refractivity contribution in [2.24, 2.45) is 0 Å². The molecule has 2 fully saturated rings. The van der Waals surface area contributed by atoms with Gasteiger partial charge in [0.2, 0.25) is 5.95 Å². The fraction of sp³-hybridized carbons (Fsp3) is 0.600. The lowest BCUT2D eigenvalue weighted by Crippen LogP contribution is -2.54. The van der Waals surface area contributed by atoms with Crippen molar-refractivity contribution in [2.75, 3.05) is 31.1 Å². The molecule has 28 heavy (non-hydrogen) atoms. The highest BCUT2D eigenvalue weighted by atomic mass is 16.5. The highest BCUT2D eigenvalue weighted by molar-refractivity contribution is 5.81. The van der Waals surface area contributed by atoms with Gasteiger partial charge in [0.15, 0.2) is 6.10 Å². The Morgan fingerprint density at radius 3 is 2.54 bits per heavy atom. The smallest absolute Gasteiger partial charge is 0.253 e. The summed E-state index contributed by atoms with van der Waals surface area (Å²) in [5.74, 6) is 1.83. The van der Waals surface area contributed by atoms with Gasteiger partial charge in [0, 0.05) is 63.8 Å². The number of hydrogen-bond donors (Lipinski definition) is 0. The average molecular weight is 382 g/mol. The highest BCUT2D eigenvalue weighted by Gasteiger charge is 2.48. The molecule has 0 N–H and O–H groups in total. The van der Waals surface area contributed by atoms with E-state index in [1.807, 2.05) is 36.6 Å². The number of rotatable bonds is 2. The van der Waals surface area contributed by atoms with E-state index in [-0.39, 0.29) is 5.91 Å². The summed E-state index contributed by atoms with van der Waals surface area (Å²) < 4.78 is 8.65. The molecule has 3 aliphatic heterocycles. The van der Waals surface area contributed by atoms with Gasteiger partial charge in [-0.3, -0.25) is 4.79 Å². The Morgan fingerprint density at radius 2 is 1.82 bits per heavy atom. The Labute approximate surface area is 164 Å². The first kappa shape index (κ1) is 17.6. The number of imidazole rings is 1. The number of aromatic nitrogens is 4. The van der Waals surface area contributed by atoms with E-state index in [0.717, 1.165) is 69.2 Å². The number of carbonyl (C=O) groups excluding carboxylic acids is 1. The maximum Gasteiger partial charge on any atom is 0.253 e. The van der Waals surface area contributed by atoms with Crippen LogP contribution in [-0.4, -0.2) is 62.6 Å². The number of anilines is 1. The molecular weight excluding hydrogens is 356 g/mol. The topological polar surface area (TPSA) is 76.4 Å². The van der Waals surface area contributed by atoms with Crippen LogP contribution in [0.15, 0.2) is 24.8 Å². The van der Waals surface area contributed by atoms with Crippen molar-refractivity contribution in [2.45, 2.75) is 50.9 Å². The lowest BCUT2D eigenvalue weighted by Gasteiger charge is -2.46. The maximum atomic E-state index is 13.0. The quantitative estimate of drug-likeness (QED) is 0.783. The third-order valence-corrected chi connectivity index (χ3v) is 6.17. The molecule has 2 saturated heterocycles. The molecule has 0 saturated carbocycles. The molecular formula is C20H26N6O2. The van der Waals surface area contributed by atoms with E-state index in [4.69, 9.17) is 4.74 Å². The average Bonchev–Trinajstić information content (AvgIpc) is 3.41. The van der Waals surface area contributed by atoms with Gasteiger partial charge in [0.1, 0.15) is 11.4 Å². The minimum atomic E-state index is -0.511. The molecule has 8 heteroatoms. The molecule has 3 aliphatic rings. The summed E-state index contributed by atoms with van der Waals surface area (Å²) >= 11 is 0. The van der Waals surface area contributed by atoms with Crippen LogP contribution in [-0.2, 0) is 21.7 Å². The van der Waals surface area contributed by atoms with Crippen molar-refractivity contribution >= 4 is 11.9 Å². The molecule has 2 aromatic heterocycles. The molecule has 5 heterocycles. The SMILES string of the molecule is Cc1cnc(N2CCC3(CC2)OC(C(=O)N2CCCC2)Cn2ccnc23)nc1. The number of carbonyl (C=O) groups is 1. The number of hydrogen-bond acceptors (Lipinski definition) is 6. The van der Waals surface area contributed by atoms with Gasteiger partial charge >= 0.3 is 0 Å². The van der Waals surface area contributed by atoms with Gasteiger partial charge in [-0.2, -0.15) is 0 Å². The van der Waals surface area contributed by atoms with Crippen molar-refractivity contribution in [1.29, 1.82) is 0 Å². The molecule has 8 nitrogen and oxygen atoms in total. The van der Waals surface area contributed by atoms with Crippen LogP contribution < -0.4 is 4.90 Å². The third-order valence-electron chi connectivity index (χ3n) is 6.17. The number of nitrogens with zero attached hydrogens (tertiary/aromatic N) is 6. The maximum absolute atomic E-state index is 13.0. The Bertz CT molecular complexity index is 850. The van der Waals surface area contributed by atoms with E-state index in [1.54, 1.807) is 0 Å². The van der Waals surface area contributed by atoms with Crippen LogP contribution in [0, 0.1) is 6.92 Å².